The fourth-order valence-corrected chi connectivity index (χ4v) is 5.33. The van der Waals surface area contributed by atoms with Crippen molar-refractivity contribution in [2.75, 3.05) is 37.6 Å². The van der Waals surface area contributed by atoms with Crippen LogP contribution in [0.2, 0.25) is 5.15 Å². The number of halogens is 1. The van der Waals surface area contributed by atoms with Crippen LogP contribution in [-0.4, -0.2) is 76.5 Å². The Hall–Kier alpha value is -3.97. The van der Waals surface area contributed by atoms with Crippen molar-refractivity contribution >= 4 is 47.0 Å². The minimum absolute atomic E-state index is 0.0984. The summed E-state index contributed by atoms with van der Waals surface area (Å²) in [6, 6.07) is 7.68. The van der Waals surface area contributed by atoms with Gasteiger partial charge < -0.3 is 36.9 Å². The lowest BCUT2D eigenvalue weighted by Crippen LogP contribution is -2.66. The fourth-order valence-electron chi connectivity index (χ4n) is 5.20. The number of carboxylic acids is 1. The van der Waals surface area contributed by atoms with E-state index in [1.54, 1.807) is 12.1 Å². The van der Waals surface area contributed by atoms with Crippen molar-refractivity contribution in [3.63, 3.8) is 0 Å². The number of aliphatic imine (C=N–C) groups is 1. The highest BCUT2D eigenvalue weighted by molar-refractivity contribution is 6.31. The molecule has 13 nitrogen and oxygen atoms in total. The number of nitrogens with two attached hydrogens (primary N) is 3. The number of carbonyl (C=O) groups is 3. The molecule has 0 spiro atoms. The number of nitrogens with zero attached hydrogens (tertiary/aromatic N) is 4. The minimum Gasteiger partial charge on any atom is -0.548 e. The second-order valence-corrected chi connectivity index (χ2v) is 10.1. The summed E-state index contributed by atoms with van der Waals surface area (Å²) in [6.07, 6.45) is 1.78. The van der Waals surface area contributed by atoms with Gasteiger partial charge >= 0.3 is 0 Å². The molecule has 1 aromatic heterocycles. The summed E-state index contributed by atoms with van der Waals surface area (Å²) in [5.41, 5.74) is 17.9. The topological polar surface area (TPSA) is 215 Å². The highest BCUT2D eigenvalue weighted by Crippen LogP contribution is 2.35. The molecule has 5 rings (SSSR count). The Labute approximate surface area is 224 Å². The van der Waals surface area contributed by atoms with E-state index >= 15 is 0 Å². The first-order valence-electron chi connectivity index (χ1n) is 12.2. The van der Waals surface area contributed by atoms with Crippen LogP contribution in [0.1, 0.15) is 28.9 Å². The quantitative estimate of drug-likeness (QED) is 0.147. The molecule has 14 heteroatoms. The number of guanidine groups is 1. The number of hydrogen-bond donors (Lipinski definition) is 5. The third kappa shape index (κ3) is 6.29. The van der Waals surface area contributed by atoms with Gasteiger partial charge in [0.1, 0.15) is 12.6 Å². The monoisotopic (exact) mass is 543 g/mol. The van der Waals surface area contributed by atoms with Crippen LogP contribution in [0, 0.1) is 5.92 Å². The first-order chi connectivity index (χ1) is 18.0. The standard InChI is InChI=1S/C24H30ClN9O4/c25-19-21(27)32-20(26)18(31-19)22(36)33-24(28)30-16-11-34(8-6-14(16)7-9-34)12-17(35)29-15(23(37)38)10-13-4-2-1-3-5-13/h1-5,14-16H,6-12H2,(H8-,26,27,28,29,30,32,33,35,36,37,38)/t14?,15-,16-,34?/m1/s1. The predicted molar refractivity (Wildman–Crippen MR) is 138 cm³/mol. The van der Waals surface area contributed by atoms with Crippen molar-refractivity contribution in [3.05, 3.63) is 46.7 Å². The van der Waals surface area contributed by atoms with E-state index in [9.17, 15) is 19.5 Å². The number of hydrogen-bond acceptors (Lipinski definition) is 9. The molecule has 3 aliphatic heterocycles. The molecule has 0 radical (unpaired) electrons. The maximum atomic E-state index is 12.9. The lowest BCUT2D eigenvalue weighted by Gasteiger charge is -2.51. The molecule has 3 saturated heterocycles. The summed E-state index contributed by atoms with van der Waals surface area (Å²) in [5, 5.41) is 16.6. The number of nitrogens with one attached hydrogen (secondary N) is 2. The molecular formula is C24H30ClN9O4. The van der Waals surface area contributed by atoms with Gasteiger partial charge in [0.05, 0.1) is 25.1 Å². The van der Waals surface area contributed by atoms with Crippen LogP contribution in [0.4, 0.5) is 11.6 Å². The molecule has 202 valence electrons. The van der Waals surface area contributed by atoms with Gasteiger partial charge in [-0.3, -0.25) is 14.9 Å². The summed E-state index contributed by atoms with van der Waals surface area (Å²) in [5.74, 6) is -2.60. The molecule has 2 amide bonds. The molecule has 3 aliphatic rings. The van der Waals surface area contributed by atoms with Crippen LogP contribution < -0.4 is 32.9 Å². The van der Waals surface area contributed by atoms with Crippen molar-refractivity contribution in [1.82, 2.24) is 20.6 Å². The van der Waals surface area contributed by atoms with E-state index in [-0.39, 0.29) is 59.3 Å². The molecule has 3 fully saturated rings. The summed E-state index contributed by atoms with van der Waals surface area (Å²) < 4.78 is 0.453. The highest BCUT2D eigenvalue weighted by Gasteiger charge is 2.47. The molecule has 38 heavy (non-hydrogen) atoms. The lowest BCUT2D eigenvalue weighted by molar-refractivity contribution is -0.936. The van der Waals surface area contributed by atoms with E-state index in [1.807, 2.05) is 18.2 Å². The molecule has 2 aromatic rings. The zero-order valence-corrected chi connectivity index (χ0v) is 21.4. The van der Waals surface area contributed by atoms with Gasteiger partial charge in [0.2, 0.25) is 0 Å². The van der Waals surface area contributed by atoms with E-state index in [0.29, 0.717) is 11.0 Å². The average molecular weight is 544 g/mol. The number of anilines is 2. The molecule has 0 unspecified atom stereocenters. The maximum absolute atomic E-state index is 12.9. The number of carboxylic acid groups (broad SMARTS) is 1. The van der Waals surface area contributed by atoms with Gasteiger partial charge in [-0.2, -0.15) is 0 Å². The molecular weight excluding hydrogens is 514 g/mol. The number of aliphatic carboxylic acids is 1. The van der Waals surface area contributed by atoms with Crippen molar-refractivity contribution in [2.45, 2.75) is 31.3 Å². The van der Waals surface area contributed by atoms with Crippen molar-refractivity contribution in [1.29, 1.82) is 0 Å². The number of quaternary nitrogens is 1. The van der Waals surface area contributed by atoms with Crippen molar-refractivity contribution < 1.29 is 24.0 Å². The lowest BCUT2D eigenvalue weighted by atomic mass is 9.82. The molecule has 2 atom stereocenters. The maximum Gasteiger partial charge on any atom is 0.280 e. The van der Waals surface area contributed by atoms with Crippen LogP contribution in [0.15, 0.2) is 35.3 Å². The number of amides is 2. The Morgan fingerprint density at radius 3 is 2.47 bits per heavy atom. The molecule has 2 bridgehead atoms. The van der Waals surface area contributed by atoms with E-state index in [1.165, 1.54) is 0 Å². The normalized spacial score (nSPS) is 23.4. The van der Waals surface area contributed by atoms with Crippen LogP contribution in [0.5, 0.6) is 0 Å². The largest absolute Gasteiger partial charge is 0.548 e. The Bertz CT molecular complexity index is 1250. The van der Waals surface area contributed by atoms with Gasteiger partial charge in [0.15, 0.2) is 35.0 Å². The molecule has 1 aromatic carbocycles. The Balaban J connectivity index is 1.39. The number of piperidine rings is 3. The number of fused-ring (bicyclic) bond motifs is 3. The van der Waals surface area contributed by atoms with Crippen LogP contribution in [0.25, 0.3) is 0 Å². The van der Waals surface area contributed by atoms with Crippen LogP contribution in [0.3, 0.4) is 0 Å². The second kappa shape index (κ2) is 11.2. The number of carbonyl (C=O) groups excluding carboxylic acids is 3. The predicted octanol–water partition coefficient (Wildman–Crippen LogP) is -1.57. The molecule has 4 heterocycles. The first-order valence-corrected chi connectivity index (χ1v) is 12.6. The van der Waals surface area contributed by atoms with Crippen LogP contribution >= 0.6 is 11.6 Å². The van der Waals surface area contributed by atoms with Gasteiger partial charge in [0.25, 0.3) is 11.8 Å². The van der Waals surface area contributed by atoms with Crippen molar-refractivity contribution in [3.8, 4) is 0 Å². The zero-order valence-electron chi connectivity index (χ0n) is 20.6. The summed E-state index contributed by atoms with van der Waals surface area (Å²) >= 11 is 5.84. The number of nitrogen functional groups attached to an aromatic ring is 2. The van der Waals surface area contributed by atoms with Gasteiger partial charge in [-0.05, 0) is 17.9 Å². The number of rotatable bonds is 8. The third-order valence-corrected chi connectivity index (χ3v) is 7.39. The summed E-state index contributed by atoms with van der Waals surface area (Å²) in [6.45, 7) is 2.17. The summed E-state index contributed by atoms with van der Waals surface area (Å²) in [7, 11) is 0. The third-order valence-electron chi connectivity index (χ3n) is 7.11. The van der Waals surface area contributed by atoms with E-state index in [0.717, 1.165) is 31.5 Å². The van der Waals surface area contributed by atoms with Crippen molar-refractivity contribution in [2.24, 2.45) is 16.6 Å². The smallest absolute Gasteiger partial charge is 0.280 e. The SMILES string of the molecule is NC(=N[C@@H]1C[N+]2(CC(=O)N[C@H](Cc3ccccc3)C(=O)[O-])CCC1CC2)NC(=O)c1nc(Cl)c(N)nc1N. The van der Waals surface area contributed by atoms with Gasteiger partial charge in [-0.25, -0.2) is 15.0 Å². The minimum atomic E-state index is -1.33. The second-order valence-electron chi connectivity index (χ2n) is 9.77. The van der Waals surface area contributed by atoms with Gasteiger partial charge in [-0.1, -0.05) is 41.9 Å². The molecule has 0 aliphatic carbocycles. The van der Waals surface area contributed by atoms with Gasteiger partial charge in [0, 0.05) is 12.8 Å². The fraction of sp³-hybridized carbons (Fsp3) is 0.417. The van der Waals surface area contributed by atoms with E-state index in [2.05, 4.69) is 25.6 Å². The Kier molecular flexibility index (Phi) is 7.97. The molecule has 0 saturated carbocycles. The zero-order chi connectivity index (χ0) is 27.4. The summed E-state index contributed by atoms with van der Waals surface area (Å²) in [4.78, 5) is 49.3. The van der Waals surface area contributed by atoms with E-state index in [4.69, 9.17) is 28.8 Å². The van der Waals surface area contributed by atoms with Crippen LogP contribution in [-0.2, 0) is 16.0 Å². The van der Waals surface area contributed by atoms with Gasteiger partial charge in [-0.15, -0.1) is 0 Å². The highest BCUT2D eigenvalue weighted by atomic mass is 35.5. The Morgan fingerprint density at radius 2 is 1.82 bits per heavy atom. The Morgan fingerprint density at radius 1 is 1.13 bits per heavy atom. The van der Waals surface area contributed by atoms with E-state index < -0.39 is 17.9 Å². The number of aromatic nitrogens is 2. The first kappa shape index (κ1) is 27.1. The number of benzene rings is 1. The molecule has 8 N–H and O–H groups in total. The average Bonchev–Trinajstić information content (AvgIpc) is 2.86.